The van der Waals surface area contributed by atoms with Gasteiger partial charge in [-0.1, -0.05) is 41.4 Å². The molecule has 0 aliphatic rings. The zero-order valence-corrected chi connectivity index (χ0v) is 19.4. The second-order valence-corrected chi connectivity index (χ2v) is 9.49. The minimum absolute atomic E-state index is 0.113. The second-order valence-electron chi connectivity index (χ2n) is 6.77. The second kappa shape index (κ2) is 10.3. The van der Waals surface area contributed by atoms with Gasteiger partial charge in [0.1, 0.15) is 18.4 Å². The first-order valence-corrected chi connectivity index (χ1v) is 11.7. The number of halogens is 3. The fraction of sp³-hybridized carbons (Fsp3) is 0.300. The lowest BCUT2D eigenvalue weighted by molar-refractivity contribution is -0.139. The number of likely N-dealkylation sites (N-methyl/N-ethyl adjacent to an activating group) is 1. The molecule has 0 bridgehead atoms. The summed E-state index contributed by atoms with van der Waals surface area (Å²) in [5.74, 6) is -1.73. The predicted molar refractivity (Wildman–Crippen MR) is 119 cm³/mol. The maximum Gasteiger partial charge on any atom is 0.244 e. The van der Waals surface area contributed by atoms with Crippen molar-refractivity contribution >= 4 is 50.7 Å². The SMILES string of the molecule is CNC(=O)[C@H](C)N(Cc1ccccc1F)C(=O)CN(c1ccc(Cl)c(Cl)c1)S(C)(=O)=O. The third-order valence-corrected chi connectivity index (χ3v) is 6.46. The summed E-state index contributed by atoms with van der Waals surface area (Å²) in [7, 11) is -2.49. The smallest absolute Gasteiger partial charge is 0.244 e. The predicted octanol–water partition coefficient (Wildman–Crippen LogP) is 3.06. The largest absolute Gasteiger partial charge is 0.357 e. The quantitative estimate of drug-likeness (QED) is 0.617. The van der Waals surface area contributed by atoms with Gasteiger partial charge >= 0.3 is 0 Å². The molecular formula is C20H22Cl2FN3O4S. The van der Waals surface area contributed by atoms with Gasteiger partial charge in [-0.3, -0.25) is 13.9 Å². The van der Waals surface area contributed by atoms with Gasteiger partial charge in [0.2, 0.25) is 21.8 Å². The average Bonchev–Trinajstić information content (AvgIpc) is 2.71. The van der Waals surface area contributed by atoms with E-state index in [-0.39, 0.29) is 27.8 Å². The van der Waals surface area contributed by atoms with Crippen LogP contribution in [-0.2, 0) is 26.2 Å². The van der Waals surface area contributed by atoms with Crippen LogP contribution in [0.4, 0.5) is 10.1 Å². The summed E-state index contributed by atoms with van der Waals surface area (Å²) in [5.41, 5.74) is 0.315. The highest BCUT2D eigenvalue weighted by molar-refractivity contribution is 7.92. The van der Waals surface area contributed by atoms with Crippen molar-refractivity contribution in [3.8, 4) is 0 Å². The number of carbonyl (C=O) groups excluding carboxylic acids is 2. The molecule has 0 aliphatic heterocycles. The van der Waals surface area contributed by atoms with Crippen molar-refractivity contribution in [2.45, 2.75) is 19.5 Å². The molecule has 31 heavy (non-hydrogen) atoms. The lowest BCUT2D eigenvalue weighted by Gasteiger charge is -2.31. The van der Waals surface area contributed by atoms with Crippen LogP contribution in [0.25, 0.3) is 0 Å². The molecule has 0 aromatic heterocycles. The van der Waals surface area contributed by atoms with Crippen molar-refractivity contribution in [1.82, 2.24) is 10.2 Å². The van der Waals surface area contributed by atoms with Gasteiger partial charge in [0, 0.05) is 19.2 Å². The Bertz CT molecular complexity index is 1080. The van der Waals surface area contributed by atoms with E-state index >= 15 is 0 Å². The Morgan fingerprint density at radius 2 is 1.77 bits per heavy atom. The molecule has 1 N–H and O–H groups in total. The van der Waals surface area contributed by atoms with E-state index in [9.17, 15) is 22.4 Å². The van der Waals surface area contributed by atoms with E-state index in [0.29, 0.717) is 0 Å². The fourth-order valence-corrected chi connectivity index (χ4v) is 3.99. The summed E-state index contributed by atoms with van der Waals surface area (Å²) in [6.45, 7) is 0.632. The molecule has 0 saturated carbocycles. The number of sulfonamides is 1. The molecule has 0 heterocycles. The summed E-state index contributed by atoms with van der Waals surface area (Å²) < 4.78 is 39.8. The van der Waals surface area contributed by atoms with Crippen molar-refractivity contribution in [2.24, 2.45) is 0 Å². The first kappa shape index (κ1) is 24.9. The summed E-state index contributed by atoms with van der Waals surface area (Å²) >= 11 is 11.9. The first-order chi connectivity index (χ1) is 14.5. The van der Waals surface area contributed by atoms with E-state index in [2.05, 4.69) is 5.32 Å². The van der Waals surface area contributed by atoms with Crippen LogP contribution >= 0.6 is 23.2 Å². The number of benzene rings is 2. The standard InChI is InChI=1S/C20H22Cl2FN3O4S/c1-13(20(28)24-2)25(11-14-6-4-5-7-18(14)23)19(27)12-26(31(3,29)30)15-8-9-16(21)17(22)10-15/h4-10,13H,11-12H2,1-3H3,(H,24,28)/t13-/m0/s1. The molecule has 1 atom stereocenters. The first-order valence-electron chi connectivity index (χ1n) is 9.13. The van der Waals surface area contributed by atoms with E-state index in [1.807, 2.05) is 0 Å². The number of hydrogen-bond acceptors (Lipinski definition) is 4. The van der Waals surface area contributed by atoms with Crippen molar-refractivity contribution in [2.75, 3.05) is 24.2 Å². The molecule has 2 aromatic carbocycles. The molecule has 7 nitrogen and oxygen atoms in total. The number of nitrogens with zero attached hydrogens (tertiary/aromatic N) is 2. The van der Waals surface area contributed by atoms with Crippen LogP contribution in [0.5, 0.6) is 0 Å². The van der Waals surface area contributed by atoms with E-state index < -0.39 is 40.2 Å². The maximum atomic E-state index is 14.2. The van der Waals surface area contributed by atoms with Crippen LogP contribution in [0.15, 0.2) is 42.5 Å². The Kier molecular flexibility index (Phi) is 8.27. The Labute approximate surface area is 190 Å². The lowest BCUT2D eigenvalue weighted by atomic mass is 10.1. The van der Waals surface area contributed by atoms with E-state index in [0.717, 1.165) is 15.5 Å². The van der Waals surface area contributed by atoms with E-state index in [1.54, 1.807) is 6.07 Å². The maximum absolute atomic E-state index is 14.2. The highest BCUT2D eigenvalue weighted by atomic mass is 35.5. The molecule has 0 aliphatic carbocycles. The third kappa shape index (κ3) is 6.32. The fourth-order valence-electron chi connectivity index (χ4n) is 2.86. The number of anilines is 1. The van der Waals surface area contributed by atoms with Gasteiger partial charge in [-0.05, 0) is 31.2 Å². The van der Waals surface area contributed by atoms with Crippen LogP contribution in [-0.4, -0.2) is 51.0 Å². The minimum Gasteiger partial charge on any atom is -0.357 e. The molecule has 2 rings (SSSR count). The Morgan fingerprint density at radius 1 is 1.13 bits per heavy atom. The number of carbonyl (C=O) groups is 2. The zero-order chi connectivity index (χ0) is 23.3. The van der Waals surface area contributed by atoms with Crippen molar-refractivity contribution in [3.05, 3.63) is 63.9 Å². The van der Waals surface area contributed by atoms with Crippen LogP contribution in [0.2, 0.25) is 10.0 Å². The van der Waals surface area contributed by atoms with E-state index in [1.165, 1.54) is 50.4 Å². The van der Waals surface area contributed by atoms with Crippen molar-refractivity contribution < 1.29 is 22.4 Å². The molecule has 0 saturated heterocycles. The van der Waals surface area contributed by atoms with Crippen LogP contribution in [0.3, 0.4) is 0 Å². The lowest BCUT2D eigenvalue weighted by Crippen LogP contribution is -2.50. The average molecular weight is 490 g/mol. The molecule has 0 radical (unpaired) electrons. The molecule has 0 fully saturated rings. The molecule has 11 heteroatoms. The van der Waals surface area contributed by atoms with Gasteiger partial charge in [-0.25, -0.2) is 12.8 Å². The van der Waals surface area contributed by atoms with Crippen LogP contribution < -0.4 is 9.62 Å². The van der Waals surface area contributed by atoms with Gasteiger partial charge in [0.25, 0.3) is 0 Å². The van der Waals surface area contributed by atoms with E-state index in [4.69, 9.17) is 23.2 Å². The number of hydrogen-bond donors (Lipinski definition) is 1. The molecular weight excluding hydrogens is 468 g/mol. The Hall–Kier alpha value is -2.36. The highest BCUT2D eigenvalue weighted by Crippen LogP contribution is 2.28. The highest BCUT2D eigenvalue weighted by Gasteiger charge is 2.30. The molecule has 0 spiro atoms. The third-order valence-electron chi connectivity index (χ3n) is 4.58. The van der Waals surface area contributed by atoms with Gasteiger partial charge in [0.05, 0.1) is 22.0 Å². The number of rotatable bonds is 8. The monoisotopic (exact) mass is 489 g/mol. The minimum atomic E-state index is -3.90. The van der Waals surface area contributed by atoms with Crippen LogP contribution in [0, 0.1) is 5.82 Å². The summed E-state index contributed by atoms with van der Waals surface area (Å²) in [5, 5.41) is 2.77. The van der Waals surface area contributed by atoms with Crippen molar-refractivity contribution in [3.63, 3.8) is 0 Å². The molecule has 2 aromatic rings. The summed E-state index contributed by atoms with van der Waals surface area (Å²) in [6.07, 6.45) is 0.937. The van der Waals surface area contributed by atoms with Crippen molar-refractivity contribution in [1.29, 1.82) is 0 Å². The molecule has 0 unspecified atom stereocenters. The van der Waals surface area contributed by atoms with Gasteiger partial charge in [0.15, 0.2) is 0 Å². The van der Waals surface area contributed by atoms with Gasteiger partial charge in [-0.2, -0.15) is 0 Å². The summed E-state index contributed by atoms with van der Waals surface area (Å²) in [6, 6.07) is 8.99. The summed E-state index contributed by atoms with van der Waals surface area (Å²) in [4.78, 5) is 26.5. The Morgan fingerprint density at radius 3 is 2.32 bits per heavy atom. The molecule has 2 amide bonds. The molecule has 168 valence electrons. The topological polar surface area (TPSA) is 86.8 Å². The zero-order valence-electron chi connectivity index (χ0n) is 17.1. The van der Waals surface area contributed by atoms with Gasteiger partial charge in [-0.15, -0.1) is 0 Å². The number of amides is 2. The van der Waals surface area contributed by atoms with Gasteiger partial charge < -0.3 is 10.2 Å². The van der Waals surface area contributed by atoms with Crippen LogP contribution in [0.1, 0.15) is 12.5 Å². The number of nitrogens with one attached hydrogen (secondary N) is 1. The normalized spacial score (nSPS) is 12.2. The Balaban J connectivity index is 2.42.